The van der Waals surface area contributed by atoms with Crippen LogP contribution in [0.5, 0.6) is 0 Å². The van der Waals surface area contributed by atoms with E-state index in [0.717, 1.165) is 42.6 Å². The SMILES string of the molecule is O=C1NC(c2ccccc2)C2=C=C1COC/C=C\COCc1cn(nn1)CCCCCOC2. The molecular formula is C25H30N4O4. The fraction of sp³-hybridized carbons (Fsp3) is 0.440. The minimum Gasteiger partial charge on any atom is -0.376 e. The molecule has 4 rings (SSSR count). The Morgan fingerprint density at radius 1 is 0.970 bits per heavy atom. The first-order valence-corrected chi connectivity index (χ1v) is 11.4. The Labute approximate surface area is 193 Å². The molecule has 174 valence electrons. The molecule has 0 fully saturated rings. The number of carbonyl (C=O) groups excluding carboxylic acids is 1. The lowest BCUT2D eigenvalue weighted by atomic mass is 9.96. The molecular weight excluding hydrogens is 420 g/mol. The van der Waals surface area contributed by atoms with Crippen molar-refractivity contribution in [3.8, 4) is 0 Å². The number of amides is 1. The van der Waals surface area contributed by atoms with Crippen LogP contribution in [0.4, 0.5) is 0 Å². The summed E-state index contributed by atoms with van der Waals surface area (Å²) < 4.78 is 19.1. The average Bonchev–Trinajstić information content (AvgIpc) is 3.29. The highest BCUT2D eigenvalue weighted by Gasteiger charge is 2.25. The predicted molar refractivity (Wildman–Crippen MR) is 122 cm³/mol. The van der Waals surface area contributed by atoms with Gasteiger partial charge in [0.05, 0.1) is 50.8 Å². The molecule has 4 bridgehead atoms. The highest BCUT2D eigenvalue weighted by atomic mass is 16.5. The molecule has 0 spiro atoms. The number of aryl methyl sites for hydroxylation is 1. The minimum absolute atomic E-state index is 0.161. The van der Waals surface area contributed by atoms with Gasteiger partial charge in [0, 0.05) is 18.7 Å². The molecule has 8 nitrogen and oxygen atoms in total. The second-order valence-corrected chi connectivity index (χ2v) is 8.03. The smallest absolute Gasteiger partial charge is 0.258 e. The molecule has 8 heteroatoms. The second kappa shape index (κ2) is 12.3. The molecule has 3 heterocycles. The maximum absolute atomic E-state index is 12.7. The number of benzene rings is 1. The van der Waals surface area contributed by atoms with Gasteiger partial charge >= 0.3 is 0 Å². The van der Waals surface area contributed by atoms with E-state index in [1.54, 1.807) is 0 Å². The van der Waals surface area contributed by atoms with Gasteiger partial charge in [-0.15, -0.1) is 10.8 Å². The zero-order valence-corrected chi connectivity index (χ0v) is 18.7. The highest BCUT2D eigenvalue weighted by molar-refractivity contribution is 5.95. The number of fused-ring (bicyclic) bond motifs is 2. The zero-order valence-electron chi connectivity index (χ0n) is 18.7. The summed E-state index contributed by atoms with van der Waals surface area (Å²) in [5.74, 6) is -0.161. The summed E-state index contributed by atoms with van der Waals surface area (Å²) in [6.07, 6.45) is 8.68. The molecule has 1 atom stereocenters. The van der Waals surface area contributed by atoms with Gasteiger partial charge in [-0.3, -0.25) is 9.48 Å². The Bertz CT molecular complexity index is 1010. The number of ether oxygens (including phenoxy) is 3. The third kappa shape index (κ3) is 6.97. The van der Waals surface area contributed by atoms with Crippen molar-refractivity contribution in [2.75, 3.05) is 33.0 Å². The van der Waals surface area contributed by atoms with E-state index in [1.807, 2.05) is 53.4 Å². The van der Waals surface area contributed by atoms with Crippen LogP contribution in [0.2, 0.25) is 0 Å². The number of aromatic nitrogens is 3. The van der Waals surface area contributed by atoms with Gasteiger partial charge in [0.2, 0.25) is 0 Å². The number of hydrogen-bond donors (Lipinski definition) is 1. The third-order valence-corrected chi connectivity index (χ3v) is 5.45. The van der Waals surface area contributed by atoms with Gasteiger partial charge in [-0.1, -0.05) is 47.7 Å². The van der Waals surface area contributed by atoms with Crippen molar-refractivity contribution < 1.29 is 19.0 Å². The minimum atomic E-state index is -0.248. The summed E-state index contributed by atoms with van der Waals surface area (Å²) in [4.78, 5) is 12.7. The first kappa shape index (κ1) is 23.1. The van der Waals surface area contributed by atoms with E-state index in [4.69, 9.17) is 14.2 Å². The van der Waals surface area contributed by atoms with Gasteiger partial charge < -0.3 is 19.5 Å². The Morgan fingerprint density at radius 3 is 2.64 bits per heavy atom. The van der Waals surface area contributed by atoms with Gasteiger partial charge in [0.25, 0.3) is 5.91 Å². The van der Waals surface area contributed by atoms with Gasteiger partial charge in [0.15, 0.2) is 0 Å². The van der Waals surface area contributed by atoms with Crippen LogP contribution in [0.25, 0.3) is 0 Å². The molecule has 2 aliphatic heterocycles. The molecule has 2 aromatic rings. The lowest BCUT2D eigenvalue weighted by Crippen LogP contribution is -2.35. The number of hydrogen-bond acceptors (Lipinski definition) is 6. The summed E-state index contributed by atoms with van der Waals surface area (Å²) in [5, 5.41) is 11.4. The van der Waals surface area contributed by atoms with Crippen molar-refractivity contribution in [1.29, 1.82) is 0 Å². The van der Waals surface area contributed by atoms with Crippen LogP contribution in [-0.2, 0) is 32.2 Å². The van der Waals surface area contributed by atoms with E-state index in [0.29, 0.717) is 38.6 Å². The molecule has 1 aromatic carbocycles. The molecule has 0 aliphatic carbocycles. The van der Waals surface area contributed by atoms with Crippen LogP contribution in [0, 0.1) is 0 Å². The van der Waals surface area contributed by atoms with Crippen molar-refractivity contribution in [3.05, 3.63) is 76.8 Å². The third-order valence-electron chi connectivity index (χ3n) is 5.45. The van der Waals surface area contributed by atoms with Crippen LogP contribution in [-0.4, -0.2) is 53.9 Å². The Kier molecular flexibility index (Phi) is 8.61. The van der Waals surface area contributed by atoms with E-state index >= 15 is 0 Å². The average molecular weight is 451 g/mol. The van der Waals surface area contributed by atoms with Crippen molar-refractivity contribution in [2.45, 2.75) is 38.5 Å². The monoisotopic (exact) mass is 450 g/mol. The molecule has 33 heavy (non-hydrogen) atoms. The number of nitrogens with one attached hydrogen (secondary N) is 1. The van der Waals surface area contributed by atoms with Crippen LogP contribution >= 0.6 is 0 Å². The summed E-state index contributed by atoms with van der Waals surface area (Å²) in [7, 11) is 0. The number of nitrogens with zero attached hydrogens (tertiary/aromatic N) is 3. The van der Waals surface area contributed by atoms with E-state index in [2.05, 4.69) is 21.4 Å². The van der Waals surface area contributed by atoms with Gasteiger partial charge in [-0.25, -0.2) is 0 Å². The summed E-state index contributed by atoms with van der Waals surface area (Å²) in [6.45, 7) is 3.32. The van der Waals surface area contributed by atoms with E-state index in [1.165, 1.54) is 0 Å². The number of rotatable bonds is 1. The molecule has 1 amide bonds. The fourth-order valence-electron chi connectivity index (χ4n) is 3.73. The molecule has 1 N–H and O–H groups in total. The normalized spacial score (nSPS) is 22.3. The standard InChI is InChI=1S/C25H30N4O4/c30-25-22-15-21(24(26-25)20-9-3-1-4-10-20)17-31-12-6-2-5-11-29-16-23(27-28-29)19-33-14-8-7-13-32-18-22/h1,3-4,7-10,16,24H,2,5-6,11-14,17-19H2,(H,26,30)/b8-7-. The topological polar surface area (TPSA) is 87.5 Å². The fourth-order valence-corrected chi connectivity index (χ4v) is 3.73. The lowest BCUT2D eigenvalue weighted by Gasteiger charge is -2.25. The van der Waals surface area contributed by atoms with Crippen molar-refractivity contribution in [1.82, 2.24) is 20.3 Å². The van der Waals surface area contributed by atoms with Crippen molar-refractivity contribution in [2.24, 2.45) is 0 Å². The highest BCUT2D eigenvalue weighted by Crippen LogP contribution is 2.25. The first-order chi connectivity index (χ1) is 16.3. The molecule has 1 unspecified atom stereocenters. The predicted octanol–water partition coefficient (Wildman–Crippen LogP) is 2.89. The van der Waals surface area contributed by atoms with Crippen molar-refractivity contribution >= 4 is 5.91 Å². The summed E-state index contributed by atoms with van der Waals surface area (Å²) in [5.41, 5.74) is 6.51. The maximum atomic E-state index is 12.7. The second-order valence-electron chi connectivity index (χ2n) is 8.03. The van der Waals surface area contributed by atoms with Crippen LogP contribution in [0.3, 0.4) is 0 Å². The van der Waals surface area contributed by atoms with E-state index in [-0.39, 0.29) is 18.6 Å². The van der Waals surface area contributed by atoms with Crippen LogP contribution < -0.4 is 5.32 Å². The van der Waals surface area contributed by atoms with Gasteiger partial charge in [0.1, 0.15) is 5.69 Å². The summed E-state index contributed by atoms with van der Waals surface area (Å²) >= 11 is 0. The molecule has 0 saturated heterocycles. The summed E-state index contributed by atoms with van der Waals surface area (Å²) in [6, 6.07) is 9.65. The number of carbonyl (C=O) groups is 1. The zero-order chi connectivity index (χ0) is 22.7. The largest absolute Gasteiger partial charge is 0.376 e. The Hall–Kier alpha value is -3.03. The van der Waals surface area contributed by atoms with Crippen LogP contribution in [0.1, 0.15) is 36.6 Å². The van der Waals surface area contributed by atoms with Gasteiger partial charge in [-0.05, 0) is 24.8 Å². The molecule has 0 radical (unpaired) electrons. The van der Waals surface area contributed by atoms with Crippen molar-refractivity contribution in [3.63, 3.8) is 0 Å². The molecule has 1 aromatic heterocycles. The molecule has 0 saturated carbocycles. The van der Waals surface area contributed by atoms with Gasteiger partial charge in [-0.2, -0.15) is 0 Å². The molecule has 2 aliphatic rings. The quantitative estimate of drug-likeness (QED) is 0.531. The van der Waals surface area contributed by atoms with E-state index in [9.17, 15) is 4.79 Å². The Balaban J connectivity index is 1.44. The van der Waals surface area contributed by atoms with Crippen LogP contribution in [0.15, 0.2) is 65.6 Å². The van der Waals surface area contributed by atoms with E-state index < -0.39 is 0 Å². The maximum Gasteiger partial charge on any atom is 0.258 e. The Morgan fingerprint density at radius 2 is 1.79 bits per heavy atom. The lowest BCUT2D eigenvalue weighted by molar-refractivity contribution is -0.118. The first-order valence-electron chi connectivity index (χ1n) is 11.4.